The number of ether oxygens (including phenoxy) is 1. The fraction of sp³-hybridized carbons (Fsp3) is 0.250. The third kappa shape index (κ3) is 3.07. The van der Waals surface area contributed by atoms with E-state index in [-0.39, 0.29) is 5.95 Å². The number of nitrogens with two attached hydrogens (primary N) is 1. The predicted octanol–water partition coefficient (Wildman–Crippen LogP) is 1.38. The minimum Gasteiger partial charge on any atom is -0.481 e. The van der Waals surface area contributed by atoms with Crippen molar-refractivity contribution in [2.45, 2.75) is 13.5 Å². The van der Waals surface area contributed by atoms with Gasteiger partial charge in [-0.1, -0.05) is 6.07 Å². The fourth-order valence-corrected chi connectivity index (χ4v) is 1.43. The maximum absolute atomic E-state index is 5.57. The van der Waals surface area contributed by atoms with Crippen molar-refractivity contribution in [3.63, 3.8) is 0 Å². The van der Waals surface area contributed by atoms with Gasteiger partial charge in [0.2, 0.25) is 11.8 Å². The van der Waals surface area contributed by atoms with Crippen LogP contribution >= 0.6 is 0 Å². The van der Waals surface area contributed by atoms with Crippen molar-refractivity contribution in [3.05, 3.63) is 35.7 Å². The first-order chi connectivity index (χ1) is 8.67. The van der Waals surface area contributed by atoms with Crippen LogP contribution in [0.5, 0.6) is 5.88 Å². The van der Waals surface area contributed by atoms with Gasteiger partial charge < -0.3 is 15.8 Å². The molecule has 2 rings (SSSR count). The van der Waals surface area contributed by atoms with Gasteiger partial charge in [0.15, 0.2) is 0 Å². The molecular formula is C12H15N5O. The van der Waals surface area contributed by atoms with E-state index in [1.54, 1.807) is 6.07 Å². The third-order valence-electron chi connectivity index (χ3n) is 2.38. The lowest BCUT2D eigenvalue weighted by Crippen LogP contribution is -2.05. The summed E-state index contributed by atoms with van der Waals surface area (Å²) in [5, 5.41) is 3.14. The van der Waals surface area contributed by atoms with Crippen LogP contribution in [0.15, 0.2) is 24.4 Å². The van der Waals surface area contributed by atoms with Crippen LogP contribution in [-0.2, 0) is 6.54 Å². The van der Waals surface area contributed by atoms with Crippen molar-refractivity contribution < 1.29 is 4.74 Å². The summed E-state index contributed by atoms with van der Waals surface area (Å²) < 4.78 is 5.02. The zero-order valence-electron chi connectivity index (χ0n) is 10.3. The fourth-order valence-electron chi connectivity index (χ4n) is 1.43. The zero-order valence-corrected chi connectivity index (χ0v) is 10.3. The summed E-state index contributed by atoms with van der Waals surface area (Å²) >= 11 is 0. The first kappa shape index (κ1) is 12.1. The molecule has 0 radical (unpaired) electrons. The second kappa shape index (κ2) is 5.31. The summed E-state index contributed by atoms with van der Waals surface area (Å²) in [6, 6.07) is 5.67. The van der Waals surface area contributed by atoms with Gasteiger partial charge in [0, 0.05) is 24.5 Å². The van der Waals surface area contributed by atoms with Crippen LogP contribution in [0.25, 0.3) is 0 Å². The predicted molar refractivity (Wildman–Crippen MR) is 69.3 cm³/mol. The summed E-state index contributed by atoms with van der Waals surface area (Å²) in [6.07, 6.45) is 1.82. The van der Waals surface area contributed by atoms with Gasteiger partial charge in [0.05, 0.1) is 7.11 Å². The Morgan fingerprint density at radius 2 is 2.17 bits per heavy atom. The molecule has 18 heavy (non-hydrogen) atoms. The van der Waals surface area contributed by atoms with E-state index in [1.165, 1.54) is 7.11 Å². The zero-order chi connectivity index (χ0) is 13.0. The highest BCUT2D eigenvalue weighted by molar-refractivity contribution is 5.43. The highest BCUT2D eigenvalue weighted by atomic mass is 16.5. The highest BCUT2D eigenvalue weighted by Crippen LogP contribution is 2.14. The van der Waals surface area contributed by atoms with Gasteiger partial charge in [0.25, 0.3) is 0 Å². The molecule has 2 aromatic rings. The van der Waals surface area contributed by atoms with E-state index in [9.17, 15) is 0 Å². The number of hydrogen-bond donors (Lipinski definition) is 2. The molecule has 94 valence electrons. The Bertz CT molecular complexity index is 526. The molecule has 0 aliphatic rings. The van der Waals surface area contributed by atoms with Crippen LogP contribution in [0, 0.1) is 6.92 Å². The van der Waals surface area contributed by atoms with Crippen molar-refractivity contribution in [1.82, 2.24) is 15.0 Å². The van der Waals surface area contributed by atoms with E-state index in [2.05, 4.69) is 20.3 Å². The molecule has 0 unspecified atom stereocenters. The Hall–Kier alpha value is -2.37. The monoisotopic (exact) mass is 245 g/mol. The van der Waals surface area contributed by atoms with Crippen molar-refractivity contribution in [2.75, 3.05) is 18.2 Å². The molecule has 6 nitrogen and oxygen atoms in total. The number of nitrogens with one attached hydrogen (secondary N) is 1. The summed E-state index contributed by atoms with van der Waals surface area (Å²) in [4.78, 5) is 12.2. The Balaban J connectivity index is 2.05. The van der Waals surface area contributed by atoms with Gasteiger partial charge in [0.1, 0.15) is 5.82 Å². The van der Waals surface area contributed by atoms with Crippen LogP contribution in [0.3, 0.4) is 0 Å². The topological polar surface area (TPSA) is 86.0 Å². The van der Waals surface area contributed by atoms with Crippen molar-refractivity contribution in [2.24, 2.45) is 0 Å². The van der Waals surface area contributed by atoms with Gasteiger partial charge in [-0.05, 0) is 18.6 Å². The Morgan fingerprint density at radius 3 is 2.83 bits per heavy atom. The van der Waals surface area contributed by atoms with Crippen LogP contribution in [0.4, 0.5) is 11.8 Å². The van der Waals surface area contributed by atoms with Crippen molar-refractivity contribution >= 4 is 11.8 Å². The lowest BCUT2D eigenvalue weighted by molar-refractivity contribution is 0.398. The van der Waals surface area contributed by atoms with Crippen LogP contribution in [0.1, 0.15) is 11.3 Å². The normalized spacial score (nSPS) is 10.1. The molecular weight excluding hydrogens is 230 g/mol. The van der Waals surface area contributed by atoms with Gasteiger partial charge in [-0.15, -0.1) is 0 Å². The highest BCUT2D eigenvalue weighted by Gasteiger charge is 2.02. The molecule has 0 fully saturated rings. The number of hydrogen-bond acceptors (Lipinski definition) is 6. The molecule has 0 amide bonds. The Labute approximate surface area is 105 Å². The van der Waals surface area contributed by atoms with Crippen LogP contribution in [-0.4, -0.2) is 22.1 Å². The summed E-state index contributed by atoms with van der Waals surface area (Å²) in [6.45, 7) is 2.57. The molecule has 2 heterocycles. The molecule has 0 atom stereocenters. The molecule has 2 aromatic heterocycles. The quantitative estimate of drug-likeness (QED) is 0.846. The molecule has 6 heteroatoms. The minimum atomic E-state index is 0.180. The second-order valence-electron chi connectivity index (χ2n) is 3.82. The molecule has 0 saturated carbocycles. The first-order valence-corrected chi connectivity index (χ1v) is 5.51. The van der Waals surface area contributed by atoms with Gasteiger partial charge in [-0.2, -0.15) is 9.97 Å². The number of nitrogen functional groups attached to an aromatic ring is 1. The lowest BCUT2D eigenvalue weighted by atomic mass is 10.2. The van der Waals surface area contributed by atoms with E-state index >= 15 is 0 Å². The van der Waals surface area contributed by atoms with Gasteiger partial charge >= 0.3 is 0 Å². The van der Waals surface area contributed by atoms with Crippen molar-refractivity contribution in [3.8, 4) is 5.88 Å². The Morgan fingerprint density at radius 1 is 1.33 bits per heavy atom. The second-order valence-corrected chi connectivity index (χ2v) is 3.82. The Kier molecular flexibility index (Phi) is 3.57. The maximum Gasteiger partial charge on any atom is 0.225 e. The number of aryl methyl sites for hydroxylation is 1. The molecule has 0 saturated heterocycles. The van der Waals surface area contributed by atoms with E-state index in [4.69, 9.17) is 10.5 Å². The molecule has 0 aliphatic heterocycles. The average Bonchev–Trinajstić information content (AvgIpc) is 2.37. The molecule has 3 N–H and O–H groups in total. The number of methoxy groups -OCH3 is 1. The maximum atomic E-state index is 5.57. The van der Waals surface area contributed by atoms with Crippen molar-refractivity contribution in [1.29, 1.82) is 0 Å². The van der Waals surface area contributed by atoms with E-state index in [0.717, 1.165) is 11.3 Å². The van der Waals surface area contributed by atoms with Gasteiger partial charge in [-0.25, -0.2) is 0 Å². The van der Waals surface area contributed by atoms with Crippen LogP contribution < -0.4 is 15.8 Å². The SMILES string of the molecule is COc1cc(NCc2ccc(C)nc2)nc(N)n1. The van der Waals surface area contributed by atoms with Gasteiger partial charge in [-0.3, -0.25) is 4.98 Å². The van der Waals surface area contributed by atoms with Crippen LogP contribution in [0.2, 0.25) is 0 Å². The van der Waals surface area contributed by atoms with E-state index in [0.29, 0.717) is 18.2 Å². The summed E-state index contributed by atoms with van der Waals surface area (Å²) in [5.74, 6) is 1.24. The number of pyridine rings is 1. The summed E-state index contributed by atoms with van der Waals surface area (Å²) in [5.41, 5.74) is 7.63. The number of aromatic nitrogens is 3. The standard InChI is InChI=1S/C12H15N5O/c1-8-3-4-9(6-14-8)7-15-10-5-11(18-2)17-12(13)16-10/h3-6H,7H2,1-2H3,(H3,13,15,16,17). The number of anilines is 2. The molecule has 0 aromatic carbocycles. The first-order valence-electron chi connectivity index (χ1n) is 5.51. The van der Waals surface area contributed by atoms with E-state index in [1.807, 2.05) is 25.3 Å². The molecule has 0 spiro atoms. The number of rotatable bonds is 4. The third-order valence-corrected chi connectivity index (χ3v) is 2.38. The largest absolute Gasteiger partial charge is 0.481 e. The average molecular weight is 245 g/mol. The summed E-state index contributed by atoms with van der Waals surface area (Å²) in [7, 11) is 1.54. The number of nitrogens with zero attached hydrogens (tertiary/aromatic N) is 3. The minimum absolute atomic E-state index is 0.180. The van der Waals surface area contributed by atoms with E-state index < -0.39 is 0 Å². The lowest BCUT2D eigenvalue weighted by Gasteiger charge is -2.07. The molecule has 0 bridgehead atoms. The smallest absolute Gasteiger partial charge is 0.225 e. The molecule has 0 aliphatic carbocycles.